The number of rotatable bonds is 0. The molecule has 1 heterocycles. The third-order valence-corrected chi connectivity index (χ3v) is 3.64. The second-order valence-corrected chi connectivity index (χ2v) is 5.71. The number of aliphatic hydroxyl groups excluding tert-OH is 1. The number of fused-ring (bicyclic) bond motifs is 1. The van der Waals surface area contributed by atoms with Gasteiger partial charge in [0, 0.05) is 12.5 Å². The summed E-state index contributed by atoms with van der Waals surface area (Å²) < 4.78 is 5.33. The molecule has 3 N–H and O–H groups in total. The number of allylic oxidation sites excluding steroid dienone is 1. The first kappa shape index (κ1) is 17.1. The number of phenols is 2. The third kappa shape index (κ3) is 4.86. The molecular formula is C18H22O5. The molecule has 1 aromatic rings. The molecule has 0 fully saturated rings. The van der Waals surface area contributed by atoms with Crippen molar-refractivity contribution in [2.45, 2.75) is 44.8 Å². The van der Waals surface area contributed by atoms with Gasteiger partial charge in [-0.1, -0.05) is 24.3 Å². The van der Waals surface area contributed by atoms with E-state index in [0.29, 0.717) is 24.8 Å². The number of benzene rings is 1. The molecule has 0 saturated carbocycles. The lowest BCUT2D eigenvalue weighted by atomic mass is 10.0. The van der Waals surface area contributed by atoms with Gasteiger partial charge in [0.2, 0.25) is 0 Å². The van der Waals surface area contributed by atoms with Gasteiger partial charge < -0.3 is 20.1 Å². The van der Waals surface area contributed by atoms with Crippen molar-refractivity contribution < 1.29 is 24.9 Å². The van der Waals surface area contributed by atoms with Crippen LogP contribution in [0.4, 0.5) is 0 Å². The number of aliphatic hydroxyl groups is 1. The Morgan fingerprint density at radius 2 is 2.00 bits per heavy atom. The third-order valence-electron chi connectivity index (χ3n) is 3.64. The van der Waals surface area contributed by atoms with Crippen molar-refractivity contribution in [2.24, 2.45) is 0 Å². The van der Waals surface area contributed by atoms with Crippen molar-refractivity contribution in [1.82, 2.24) is 0 Å². The van der Waals surface area contributed by atoms with Gasteiger partial charge in [0.05, 0.1) is 6.10 Å². The van der Waals surface area contributed by atoms with Crippen LogP contribution in [-0.4, -0.2) is 33.5 Å². The van der Waals surface area contributed by atoms with Crippen molar-refractivity contribution in [3.05, 3.63) is 41.5 Å². The van der Waals surface area contributed by atoms with E-state index in [0.717, 1.165) is 12.5 Å². The summed E-state index contributed by atoms with van der Waals surface area (Å²) in [7, 11) is 0. The normalized spacial score (nSPS) is 23.0. The maximum atomic E-state index is 12.3. The predicted molar refractivity (Wildman–Crippen MR) is 87.3 cm³/mol. The van der Waals surface area contributed by atoms with Crippen LogP contribution in [0.2, 0.25) is 0 Å². The molecule has 2 rings (SSSR count). The molecule has 2 atom stereocenters. The fourth-order valence-electron chi connectivity index (χ4n) is 2.46. The summed E-state index contributed by atoms with van der Waals surface area (Å²) in [5.41, 5.74) is 0.458. The summed E-state index contributed by atoms with van der Waals surface area (Å²) >= 11 is 0. The molecule has 124 valence electrons. The van der Waals surface area contributed by atoms with Crippen LogP contribution in [0.15, 0.2) is 30.4 Å². The number of ether oxygens (including phenoxy) is 1. The molecule has 0 spiro atoms. The average Bonchev–Trinajstić information content (AvgIpc) is 2.45. The molecule has 0 radical (unpaired) electrons. The quantitative estimate of drug-likeness (QED) is 0.505. The number of hydrogen-bond acceptors (Lipinski definition) is 5. The molecule has 1 aliphatic heterocycles. The van der Waals surface area contributed by atoms with E-state index < -0.39 is 12.1 Å². The molecule has 2 unspecified atom stereocenters. The van der Waals surface area contributed by atoms with E-state index in [1.54, 1.807) is 25.2 Å². The Labute approximate surface area is 135 Å². The maximum absolute atomic E-state index is 12.3. The van der Waals surface area contributed by atoms with Crippen molar-refractivity contribution in [3.63, 3.8) is 0 Å². The molecule has 0 amide bonds. The summed E-state index contributed by atoms with van der Waals surface area (Å²) in [5.74, 6) is -1.06. The van der Waals surface area contributed by atoms with Crippen molar-refractivity contribution >= 4 is 12.0 Å². The molecule has 0 aliphatic carbocycles. The number of phenolic OH excluding ortho intramolecular Hbond substituents is 2. The van der Waals surface area contributed by atoms with Crippen molar-refractivity contribution in [1.29, 1.82) is 0 Å². The Kier molecular flexibility index (Phi) is 5.82. The minimum absolute atomic E-state index is 0.0481. The number of cyclic esters (lactones) is 1. The van der Waals surface area contributed by atoms with Gasteiger partial charge in [0.15, 0.2) is 0 Å². The Morgan fingerprint density at radius 3 is 2.78 bits per heavy atom. The zero-order valence-corrected chi connectivity index (χ0v) is 13.1. The number of carbonyl (C=O) groups excluding carboxylic acids is 1. The van der Waals surface area contributed by atoms with Crippen molar-refractivity contribution in [3.8, 4) is 11.5 Å². The second-order valence-electron chi connectivity index (χ2n) is 5.71. The van der Waals surface area contributed by atoms with Gasteiger partial charge in [0.25, 0.3) is 0 Å². The summed E-state index contributed by atoms with van der Waals surface area (Å²) in [5, 5.41) is 29.4. The zero-order valence-electron chi connectivity index (χ0n) is 13.1. The lowest BCUT2D eigenvalue weighted by Gasteiger charge is -2.15. The van der Waals surface area contributed by atoms with E-state index in [2.05, 4.69) is 0 Å². The van der Waals surface area contributed by atoms with E-state index in [4.69, 9.17) is 4.74 Å². The Morgan fingerprint density at radius 1 is 1.22 bits per heavy atom. The highest BCUT2D eigenvalue weighted by molar-refractivity contribution is 5.97. The van der Waals surface area contributed by atoms with Gasteiger partial charge in [-0.15, -0.1) is 0 Å². The highest BCUT2D eigenvalue weighted by Gasteiger charge is 2.20. The minimum atomic E-state index is -0.638. The van der Waals surface area contributed by atoms with Crippen LogP contribution in [-0.2, 0) is 4.74 Å². The molecule has 1 aromatic carbocycles. The van der Waals surface area contributed by atoms with Crippen LogP contribution in [0.1, 0.15) is 48.5 Å². The second kappa shape index (κ2) is 7.83. The van der Waals surface area contributed by atoms with E-state index in [-0.39, 0.29) is 23.2 Å². The molecule has 5 heteroatoms. The number of hydrogen-bond donors (Lipinski definition) is 3. The monoisotopic (exact) mass is 318 g/mol. The molecule has 0 bridgehead atoms. The lowest BCUT2D eigenvalue weighted by Crippen LogP contribution is -2.16. The Balaban J connectivity index is 2.34. The average molecular weight is 318 g/mol. The summed E-state index contributed by atoms with van der Waals surface area (Å²) in [4.78, 5) is 12.3. The van der Waals surface area contributed by atoms with Crippen LogP contribution in [0.25, 0.3) is 6.08 Å². The molecule has 1 aliphatic rings. The van der Waals surface area contributed by atoms with Crippen LogP contribution in [0.5, 0.6) is 11.5 Å². The Bertz CT molecular complexity index is 618. The molecule has 0 saturated heterocycles. The smallest absolute Gasteiger partial charge is 0.342 e. The first-order chi connectivity index (χ1) is 11.0. The fourth-order valence-corrected chi connectivity index (χ4v) is 2.46. The first-order valence-electron chi connectivity index (χ1n) is 7.75. The number of carbonyl (C=O) groups is 1. The standard InChI is InChI=1S/C18H22O5/c1-12-6-5-9-14(19)8-4-2-3-7-13-10-15(20)11-16(21)17(13)18(22)23-12/h3,5,7,9-12,14,19-21H,2,4,6,8H2,1H3. The van der Waals surface area contributed by atoms with Gasteiger partial charge in [-0.2, -0.15) is 0 Å². The molecule has 5 nitrogen and oxygen atoms in total. The van der Waals surface area contributed by atoms with Crippen LogP contribution in [0, 0.1) is 0 Å². The van der Waals surface area contributed by atoms with E-state index in [1.165, 1.54) is 6.07 Å². The fraction of sp³-hybridized carbons (Fsp3) is 0.389. The van der Waals surface area contributed by atoms with Crippen molar-refractivity contribution in [2.75, 3.05) is 0 Å². The summed E-state index contributed by atoms with van der Waals surface area (Å²) in [6.07, 6.45) is 8.76. The van der Waals surface area contributed by atoms with E-state index >= 15 is 0 Å². The highest BCUT2D eigenvalue weighted by Crippen LogP contribution is 2.29. The van der Waals surface area contributed by atoms with E-state index in [9.17, 15) is 20.1 Å². The number of aromatic hydroxyl groups is 2. The highest BCUT2D eigenvalue weighted by atomic mass is 16.5. The van der Waals surface area contributed by atoms with Gasteiger partial charge in [-0.25, -0.2) is 4.79 Å². The lowest BCUT2D eigenvalue weighted by molar-refractivity contribution is 0.0344. The SMILES string of the molecule is CC1CC=CC(O)CCCC=Cc2cc(O)cc(O)c2C(=O)O1. The number of esters is 1. The van der Waals surface area contributed by atoms with Gasteiger partial charge >= 0.3 is 5.97 Å². The predicted octanol–water partition coefficient (Wildman–Crippen LogP) is 3.15. The molecular weight excluding hydrogens is 296 g/mol. The molecule has 23 heavy (non-hydrogen) atoms. The van der Waals surface area contributed by atoms with Crippen LogP contribution in [0.3, 0.4) is 0 Å². The maximum Gasteiger partial charge on any atom is 0.342 e. The van der Waals surface area contributed by atoms with Gasteiger partial charge in [0.1, 0.15) is 23.2 Å². The first-order valence-corrected chi connectivity index (χ1v) is 7.75. The summed E-state index contributed by atoms with van der Waals surface area (Å²) in [6, 6.07) is 2.54. The Hall–Kier alpha value is -2.27. The minimum Gasteiger partial charge on any atom is -0.508 e. The van der Waals surface area contributed by atoms with Gasteiger partial charge in [-0.05, 0) is 37.8 Å². The van der Waals surface area contributed by atoms with Crippen LogP contribution < -0.4 is 0 Å². The topological polar surface area (TPSA) is 87.0 Å². The van der Waals surface area contributed by atoms with Crippen LogP contribution >= 0.6 is 0 Å². The largest absolute Gasteiger partial charge is 0.508 e. The molecule has 0 aromatic heterocycles. The van der Waals surface area contributed by atoms with Gasteiger partial charge in [-0.3, -0.25) is 0 Å². The van der Waals surface area contributed by atoms with E-state index in [1.807, 2.05) is 6.08 Å². The zero-order chi connectivity index (χ0) is 16.8. The summed E-state index contributed by atoms with van der Waals surface area (Å²) in [6.45, 7) is 1.74.